The summed E-state index contributed by atoms with van der Waals surface area (Å²) in [4.78, 5) is 23.3. The van der Waals surface area contributed by atoms with Gasteiger partial charge in [0, 0.05) is 18.7 Å². The summed E-state index contributed by atoms with van der Waals surface area (Å²) in [5.41, 5.74) is -0.103. The number of methoxy groups -OCH3 is 1. The summed E-state index contributed by atoms with van der Waals surface area (Å²) < 4.78 is 32.4. The van der Waals surface area contributed by atoms with Crippen LogP contribution < -0.4 is 10.1 Å². The van der Waals surface area contributed by atoms with Crippen molar-refractivity contribution in [3.8, 4) is 5.75 Å². The molecule has 1 heterocycles. The zero-order valence-electron chi connectivity index (χ0n) is 17.6. The first-order valence-electron chi connectivity index (χ1n) is 9.85. The van der Waals surface area contributed by atoms with Crippen molar-refractivity contribution < 1.29 is 22.9 Å². The molecule has 1 aliphatic heterocycles. The first kappa shape index (κ1) is 22.7. The highest BCUT2D eigenvalue weighted by Gasteiger charge is 2.31. The first-order valence-corrected chi connectivity index (χ1v) is 11.3. The maximum Gasteiger partial charge on any atom is 0.296 e. The molecule has 9 nitrogen and oxygen atoms in total. The number of nitro groups is 1. The third kappa shape index (κ3) is 5.02. The second-order valence-corrected chi connectivity index (χ2v) is 9.82. The Labute approximate surface area is 181 Å². The summed E-state index contributed by atoms with van der Waals surface area (Å²) in [5.74, 6) is 0.269. The number of hydrogen-bond acceptors (Lipinski definition) is 6. The lowest BCUT2D eigenvalue weighted by Crippen LogP contribution is -2.42. The molecule has 31 heavy (non-hydrogen) atoms. The van der Waals surface area contributed by atoms with Crippen LogP contribution in [0.1, 0.15) is 30.6 Å². The molecule has 2 aromatic rings. The van der Waals surface area contributed by atoms with E-state index in [-0.39, 0.29) is 33.7 Å². The number of hydrogen-bond donors (Lipinski definition) is 1. The van der Waals surface area contributed by atoms with Gasteiger partial charge in [-0.1, -0.05) is 13.8 Å². The normalized spacial score (nSPS) is 19.6. The van der Waals surface area contributed by atoms with Gasteiger partial charge in [0.1, 0.15) is 11.4 Å². The van der Waals surface area contributed by atoms with Crippen molar-refractivity contribution in [2.24, 2.45) is 11.8 Å². The standard InChI is InChI=1S/C21H25N3O6S/c1-14-10-15(2)13-23(12-14)31(28,29)18-7-4-16(5-8-18)21(25)22-19-9-6-17(30-3)11-20(19)24(26)27/h4-9,11,14-15H,10,12-13H2,1-3H3,(H,22,25)/t14-,15+. The average molecular weight is 448 g/mol. The molecule has 166 valence electrons. The minimum atomic E-state index is -3.66. The molecule has 0 saturated carbocycles. The smallest absolute Gasteiger partial charge is 0.296 e. The van der Waals surface area contributed by atoms with E-state index in [1.54, 1.807) is 0 Å². The SMILES string of the molecule is COc1ccc(NC(=O)c2ccc(S(=O)(=O)N3C[C@H](C)C[C@H](C)C3)cc2)c([N+](=O)[O-])c1. The number of sulfonamides is 1. The maximum absolute atomic E-state index is 13.0. The average Bonchev–Trinajstić information content (AvgIpc) is 2.73. The number of piperidine rings is 1. The molecule has 2 atom stereocenters. The summed E-state index contributed by atoms with van der Waals surface area (Å²) in [6.07, 6.45) is 0.989. The zero-order chi connectivity index (χ0) is 22.8. The van der Waals surface area contributed by atoms with Crippen molar-refractivity contribution in [3.63, 3.8) is 0 Å². The third-order valence-electron chi connectivity index (χ3n) is 5.24. The molecule has 1 aliphatic rings. The van der Waals surface area contributed by atoms with Gasteiger partial charge in [-0.25, -0.2) is 8.42 Å². The molecule has 1 amide bonds. The van der Waals surface area contributed by atoms with Crippen LogP contribution in [-0.2, 0) is 10.0 Å². The fourth-order valence-electron chi connectivity index (χ4n) is 3.82. The van der Waals surface area contributed by atoms with Gasteiger partial charge in [0.2, 0.25) is 10.0 Å². The van der Waals surface area contributed by atoms with E-state index in [4.69, 9.17) is 4.74 Å². The largest absolute Gasteiger partial charge is 0.496 e. The summed E-state index contributed by atoms with van der Waals surface area (Å²) in [7, 11) is -2.27. The van der Waals surface area contributed by atoms with Gasteiger partial charge < -0.3 is 10.1 Å². The summed E-state index contributed by atoms with van der Waals surface area (Å²) in [6.45, 7) is 5.00. The predicted molar refractivity (Wildman–Crippen MR) is 116 cm³/mol. The fourth-order valence-corrected chi connectivity index (χ4v) is 5.50. The molecule has 0 spiro atoms. The highest BCUT2D eigenvalue weighted by Crippen LogP contribution is 2.30. The molecule has 1 fully saturated rings. The highest BCUT2D eigenvalue weighted by atomic mass is 32.2. The summed E-state index contributed by atoms with van der Waals surface area (Å²) in [5, 5.41) is 13.8. The van der Waals surface area contributed by atoms with Crippen molar-refractivity contribution in [1.29, 1.82) is 0 Å². The quantitative estimate of drug-likeness (QED) is 0.535. The van der Waals surface area contributed by atoms with E-state index in [2.05, 4.69) is 5.32 Å². The van der Waals surface area contributed by atoms with E-state index in [0.29, 0.717) is 18.8 Å². The molecule has 2 aromatic carbocycles. The second-order valence-electron chi connectivity index (χ2n) is 7.89. The lowest BCUT2D eigenvalue weighted by atomic mass is 9.94. The van der Waals surface area contributed by atoms with Crippen LogP contribution in [0.15, 0.2) is 47.4 Å². The monoisotopic (exact) mass is 447 g/mol. The molecular formula is C21H25N3O6S. The number of amides is 1. The molecule has 0 radical (unpaired) electrons. The number of nitro benzene ring substituents is 1. The lowest BCUT2D eigenvalue weighted by Gasteiger charge is -2.34. The van der Waals surface area contributed by atoms with Crippen LogP contribution in [0.3, 0.4) is 0 Å². The molecule has 1 saturated heterocycles. The van der Waals surface area contributed by atoms with Gasteiger partial charge in [-0.15, -0.1) is 0 Å². The van der Waals surface area contributed by atoms with E-state index in [1.165, 1.54) is 53.9 Å². The molecule has 10 heteroatoms. The number of nitrogens with one attached hydrogen (secondary N) is 1. The Morgan fingerprint density at radius 1 is 1.13 bits per heavy atom. The van der Waals surface area contributed by atoms with Gasteiger partial charge in [0.15, 0.2) is 0 Å². The van der Waals surface area contributed by atoms with Gasteiger partial charge in [-0.2, -0.15) is 4.31 Å². The number of ether oxygens (including phenoxy) is 1. The minimum absolute atomic E-state index is 0.0174. The van der Waals surface area contributed by atoms with Crippen molar-refractivity contribution in [3.05, 3.63) is 58.1 Å². The van der Waals surface area contributed by atoms with E-state index < -0.39 is 20.9 Å². The Balaban J connectivity index is 1.79. The van der Waals surface area contributed by atoms with Crippen molar-refractivity contribution >= 4 is 27.3 Å². The van der Waals surface area contributed by atoms with Crippen molar-refractivity contribution in [2.75, 3.05) is 25.5 Å². The molecule has 1 N–H and O–H groups in total. The highest BCUT2D eigenvalue weighted by molar-refractivity contribution is 7.89. The molecular weight excluding hydrogens is 422 g/mol. The number of nitrogens with zero attached hydrogens (tertiary/aromatic N) is 2. The van der Waals surface area contributed by atoms with E-state index >= 15 is 0 Å². The Morgan fingerprint density at radius 2 is 1.74 bits per heavy atom. The van der Waals surface area contributed by atoms with Crippen LogP contribution in [-0.4, -0.2) is 43.8 Å². The van der Waals surface area contributed by atoms with Crippen LogP contribution in [0, 0.1) is 22.0 Å². The van der Waals surface area contributed by atoms with E-state index in [0.717, 1.165) is 6.42 Å². The van der Waals surface area contributed by atoms with Crippen LogP contribution in [0.5, 0.6) is 5.75 Å². The number of carbonyl (C=O) groups is 1. The van der Waals surface area contributed by atoms with E-state index in [9.17, 15) is 23.3 Å². The van der Waals surface area contributed by atoms with Crippen LogP contribution >= 0.6 is 0 Å². The van der Waals surface area contributed by atoms with Crippen molar-refractivity contribution in [1.82, 2.24) is 4.31 Å². The molecule has 0 aromatic heterocycles. The topological polar surface area (TPSA) is 119 Å². The lowest BCUT2D eigenvalue weighted by molar-refractivity contribution is -0.384. The van der Waals surface area contributed by atoms with Gasteiger partial charge >= 0.3 is 0 Å². The molecule has 0 bridgehead atoms. The fraction of sp³-hybridized carbons (Fsp3) is 0.381. The van der Waals surface area contributed by atoms with Crippen LogP contribution in [0.2, 0.25) is 0 Å². The third-order valence-corrected chi connectivity index (χ3v) is 7.09. The first-order chi connectivity index (χ1) is 14.6. The van der Waals surface area contributed by atoms with Gasteiger partial charge in [-0.05, 0) is 54.7 Å². The molecule has 0 aliphatic carbocycles. The summed E-state index contributed by atoms with van der Waals surface area (Å²) in [6, 6.07) is 9.66. The van der Waals surface area contributed by atoms with E-state index in [1.807, 2.05) is 13.8 Å². The molecule has 0 unspecified atom stereocenters. The van der Waals surface area contributed by atoms with Crippen LogP contribution in [0.25, 0.3) is 0 Å². The predicted octanol–water partition coefficient (Wildman–Crippen LogP) is 3.52. The second kappa shape index (κ2) is 9.03. The van der Waals surface area contributed by atoms with Gasteiger partial charge in [0.05, 0.1) is 23.0 Å². The van der Waals surface area contributed by atoms with Gasteiger partial charge in [-0.3, -0.25) is 14.9 Å². The maximum atomic E-state index is 13.0. The Kier molecular flexibility index (Phi) is 6.61. The van der Waals surface area contributed by atoms with Crippen LogP contribution in [0.4, 0.5) is 11.4 Å². The molecule has 3 rings (SSSR count). The number of rotatable bonds is 6. The van der Waals surface area contributed by atoms with Crippen molar-refractivity contribution in [2.45, 2.75) is 25.2 Å². The zero-order valence-corrected chi connectivity index (χ0v) is 18.4. The minimum Gasteiger partial charge on any atom is -0.496 e. The van der Waals surface area contributed by atoms with Gasteiger partial charge in [0.25, 0.3) is 11.6 Å². The summed E-state index contributed by atoms with van der Waals surface area (Å²) >= 11 is 0. The Bertz CT molecular complexity index is 1070. The Morgan fingerprint density at radius 3 is 2.29 bits per heavy atom. The Hall–Kier alpha value is -2.98. The number of anilines is 1. The number of benzene rings is 2. The number of carbonyl (C=O) groups excluding carboxylic acids is 1.